The van der Waals surface area contributed by atoms with Crippen LogP contribution in [0.2, 0.25) is 0 Å². The number of rotatable bonds is 7. The molecule has 0 spiro atoms. The molecule has 1 aromatic rings. The SMILES string of the molecule is COc1ccc(OC)c(CN(CCO)C(=O)C2CCC2)c1. The van der Waals surface area contributed by atoms with Gasteiger partial charge in [-0.15, -0.1) is 0 Å². The Labute approximate surface area is 125 Å². The standard InChI is InChI=1S/C16H23NO4/c1-20-14-6-7-15(21-2)13(10-14)11-17(8-9-18)16(19)12-4-3-5-12/h6-7,10,12,18H,3-5,8-9,11H2,1-2H3. The van der Waals surface area contributed by atoms with Gasteiger partial charge in [0.2, 0.25) is 5.91 Å². The van der Waals surface area contributed by atoms with E-state index in [1.807, 2.05) is 18.2 Å². The zero-order chi connectivity index (χ0) is 15.2. The molecule has 1 N–H and O–H groups in total. The lowest BCUT2D eigenvalue weighted by Gasteiger charge is -2.31. The Hall–Kier alpha value is -1.75. The van der Waals surface area contributed by atoms with E-state index in [9.17, 15) is 9.90 Å². The predicted octanol–water partition coefficient (Wildman–Crippen LogP) is 1.82. The van der Waals surface area contributed by atoms with Gasteiger partial charge in [0.15, 0.2) is 0 Å². The van der Waals surface area contributed by atoms with E-state index in [2.05, 4.69) is 0 Å². The normalized spacial score (nSPS) is 14.4. The maximum absolute atomic E-state index is 12.4. The van der Waals surface area contributed by atoms with E-state index in [1.54, 1.807) is 19.1 Å². The van der Waals surface area contributed by atoms with Crippen molar-refractivity contribution in [3.05, 3.63) is 23.8 Å². The molecular weight excluding hydrogens is 270 g/mol. The highest BCUT2D eigenvalue weighted by Gasteiger charge is 2.29. The first-order chi connectivity index (χ1) is 10.2. The first-order valence-corrected chi connectivity index (χ1v) is 7.30. The van der Waals surface area contributed by atoms with E-state index in [0.29, 0.717) is 13.1 Å². The molecule has 0 radical (unpaired) electrons. The highest BCUT2D eigenvalue weighted by molar-refractivity contribution is 5.79. The van der Waals surface area contributed by atoms with Gasteiger partial charge >= 0.3 is 0 Å². The lowest BCUT2D eigenvalue weighted by molar-refractivity contribution is -0.139. The number of benzene rings is 1. The van der Waals surface area contributed by atoms with Crippen LogP contribution in [-0.4, -0.2) is 43.3 Å². The highest BCUT2D eigenvalue weighted by atomic mass is 16.5. The van der Waals surface area contributed by atoms with Crippen LogP contribution in [-0.2, 0) is 11.3 Å². The van der Waals surface area contributed by atoms with Crippen molar-refractivity contribution in [1.82, 2.24) is 4.90 Å². The Kier molecular flexibility index (Phi) is 5.44. The molecule has 0 atom stereocenters. The number of amides is 1. The van der Waals surface area contributed by atoms with Gasteiger partial charge in [-0.1, -0.05) is 6.42 Å². The molecule has 1 aliphatic carbocycles. The largest absolute Gasteiger partial charge is 0.497 e. The molecule has 1 saturated carbocycles. The van der Waals surface area contributed by atoms with Crippen LogP contribution in [0.4, 0.5) is 0 Å². The molecule has 1 aromatic carbocycles. The Morgan fingerprint density at radius 2 is 2.10 bits per heavy atom. The van der Waals surface area contributed by atoms with Crippen LogP contribution in [0.1, 0.15) is 24.8 Å². The molecular formula is C16H23NO4. The fourth-order valence-electron chi connectivity index (χ4n) is 2.51. The average molecular weight is 293 g/mol. The predicted molar refractivity (Wildman–Crippen MR) is 79.4 cm³/mol. The topological polar surface area (TPSA) is 59.0 Å². The number of methoxy groups -OCH3 is 2. The Morgan fingerprint density at radius 1 is 1.33 bits per heavy atom. The summed E-state index contributed by atoms with van der Waals surface area (Å²) in [5.41, 5.74) is 0.887. The number of aliphatic hydroxyl groups excluding tert-OH is 1. The summed E-state index contributed by atoms with van der Waals surface area (Å²) in [6.07, 6.45) is 3.03. The molecule has 0 unspecified atom stereocenters. The zero-order valence-electron chi connectivity index (χ0n) is 12.7. The maximum Gasteiger partial charge on any atom is 0.226 e. The van der Waals surface area contributed by atoms with Crippen molar-refractivity contribution in [1.29, 1.82) is 0 Å². The zero-order valence-corrected chi connectivity index (χ0v) is 12.7. The van der Waals surface area contributed by atoms with Crippen LogP contribution < -0.4 is 9.47 Å². The van der Waals surface area contributed by atoms with Gasteiger partial charge in [0.1, 0.15) is 11.5 Å². The number of hydrogen-bond acceptors (Lipinski definition) is 4. The van der Waals surface area contributed by atoms with E-state index in [0.717, 1.165) is 36.3 Å². The molecule has 5 nitrogen and oxygen atoms in total. The number of nitrogens with zero attached hydrogens (tertiary/aromatic N) is 1. The van der Waals surface area contributed by atoms with E-state index < -0.39 is 0 Å². The molecule has 0 aliphatic heterocycles. The van der Waals surface area contributed by atoms with Crippen molar-refractivity contribution in [2.24, 2.45) is 5.92 Å². The third kappa shape index (κ3) is 3.67. The molecule has 0 heterocycles. The Balaban J connectivity index is 2.16. The summed E-state index contributed by atoms with van der Waals surface area (Å²) >= 11 is 0. The minimum Gasteiger partial charge on any atom is -0.497 e. The molecule has 1 fully saturated rings. The summed E-state index contributed by atoms with van der Waals surface area (Å²) in [7, 11) is 3.21. The monoisotopic (exact) mass is 293 g/mol. The van der Waals surface area contributed by atoms with Crippen molar-refractivity contribution in [2.45, 2.75) is 25.8 Å². The van der Waals surface area contributed by atoms with Gasteiger partial charge in [-0.2, -0.15) is 0 Å². The van der Waals surface area contributed by atoms with E-state index in [1.165, 1.54) is 0 Å². The Bertz CT molecular complexity index is 485. The second-order valence-corrected chi connectivity index (χ2v) is 5.29. The van der Waals surface area contributed by atoms with Crippen LogP contribution in [0.15, 0.2) is 18.2 Å². The third-order valence-corrected chi connectivity index (χ3v) is 3.98. The summed E-state index contributed by atoms with van der Waals surface area (Å²) in [5.74, 6) is 1.69. The van der Waals surface area contributed by atoms with Crippen molar-refractivity contribution >= 4 is 5.91 Å². The minimum atomic E-state index is -0.0370. The average Bonchev–Trinajstić information content (AvgIpc) is 2.44. The number of hydrogen-bond donors (Lipinski definition) is 1. The van der Waals surface area contributed by atoms with Gasteiger partial charge in [-0.3, -0.25) is 4.79 Å². The van der Waals surface area contributed by atoms with Crippen LogP contribution in [0.25, 0.3) is 0 Å². The van der Waals surface area contributed by atoms with Crippen LogP contribution in [0.3, 0.4) is 0 Å². The second-order valence-electron chi connectivity index (χ2n) is 5.29. The summed E-state index contributed by atoms with van der Waals surface area (Å²) in [4.78, 5) is 14.1. The second kappa shape index (κ2) is 7.31. The van der Waals surface area contributed by atoms with E-state index in [4.69, 9.17) is 9.47 Å². The molecule has 116 valence electrons. The lowest BCUT2D eigenvalue weighted by atomic mass is 9.84. The van der Waals surface area contributed by atoms with Gasteiger partial charge in [0.05, 0.1) is 20.8 Å². The number of aliphatic hydroxyl groups is 1. The molecule has 0 aromatic heterocycles. The maximum atomic E-state index is 12.4. The third-order valence-electron chi connectivity index (χ3n) is 3.98. The molecule has 2 rings (SSSR count). The van der Waals surface area contributed by atoms with Crippen LogP contribution in [0, 0.1) is 5.92 Å². The molecule has 21 heavy (non-hydrogen) atoms. The smallest absolute Gasteiger partial charge is 0.226 e. The van der Waals surface area contributed by atoms with Crippen molar-refractivity contribution in [3.63, 3.8) is 0 Å². The van der Waals surface area contributed by atoms with Crippen molar-refractivity contribution in [2.75, 3.05) is 27.4 Å². The molecule has 0 saturated heterocycles. The summed E-state index contributed by atoms with van der Waals surface area (Å²) < 4.78 is 10.6. The molecule has 1 aliphatic rings. The fraction of sp³-hybridized carbons (Fsp3) is 0.562. The first kappa shape index (κ1) is 15.6. The quantitative estimate of drug-likeness (QED) is 0.833. The first-order valence-electron chi connectivity index (χ1n) is 7.30. The van der Waals surface area contributed by atoms with E-state index in [-0.39, 0.29) is 18.4 Å². The molecule has 5 heteroatoms. The van der Waals surface area contributed by atoms with Crippen molar-refractivity contribution < 1.29 is 19.4 Å². The summed E-state index contributed by atoms with van der Waals surface area (Å²) in [6, 6.07) is 5.53. The summed E-state index contributed by atoms with van der Waals surface area (Å²) in [6.45, 7) is 0.733. The van der Waals surface area contributed by atoms with Crippen LogP contribution in [0.5, 0.6) is 11.5 Å². The molecule has 1 amide bonds. The Morgan fingerprint density at radius 3 is 2.62 bits per heavy atom. The fourth-order valence-corrected chi connectivity index (χ4v) is 2.51. The number of carbonyl (C=O) groups excluding carboxylic acids is 1. The number of carbonyl (C=O) groups is 1. The highest BCUT2D eigenvalue weighted by Crippen LogP contribution is 2.30. The van der Waals surface area contributed by atoms with Gasteiger partial charge in [-0.25, -0.2) is 0 Å². The van der Waals surface area contributed by atoms with Gasteiger partial charge < -0.3 is 19.5 Å². The van der Waals surface area contributed by atoms with E-state index >= 15 is 0 Å². The van der Waals surface area contributed by atoms with Crippen LogP contribution >= 0.6 is 0 Å². The van der Waals surface area contributed by atoms with Crippen molar-refractivity contribution in [3.8, 4) is 11.5 Å². The lowest BCUT2D eigenvalue weighted by Crippen LogP contribution is -2.40. The molecule has 0 bridgehead atoms. The minimum absolute atomic E-state index is 0.0370. The summed E-state index contributed by atoms with van der Waals surface area (Å²) in [5, 5.41) is 9.21. The number of ether oxygens (including phenoxy) is 2. The van der Waals surface area contributed by atoms with Gasteiger partial charge in [0, 0.05) is 24.6 Å². The van der Waals surface area contributed by atoms with Gasteiger partial charge in [-0.05, 0) is 31.0 Å². The van der Waals surface area contributed by atoms with Gasteiger partial charge in [0.25, 0.3) is 0 Å².